The number of halogens is 1. The molecule has 3 saturated carbocycles. The van der Waals surface area contributed by atoms with Gasteiger partial charge in [0.2, 0.25) is 10.0 Å². The molecular weight excluding hydrogens is 422 g/mol. The van der Waals surface area contributed by atoms with Gasteiger partial charge in [-0.05, 0) is 73.5 Å². The molecule has 2 bridgehead atoms. The topological polar surface area (TPSA) is 72.5 Å². The zero-order valence-corrected chi connectivity index (χ0v) is 19.5. The Balaban J connectivity index is 1.66. The Kier molecular flexibility index (Phi) is 7.31. The molecule has 3 aliphatic carbocycles. The van der Waals surface area contributed by atoms with Crippen molar-refractivity contribution in [2.45, 2.75) is 63.3 Å². The summed E-state index contributed by atoms with van der Waals surface area (Å²) in [6, 6.07) is 6.33. The van der Waals surface area contributed by atoms with E-state index in [1.54, 1.807) is 18.2 Å². The first kappa shape index (κ1) is 23.3. The Morgan fingerprint density at radius 3 is 2.73 bits per heavy atom. The average Bonchev–Trinajstić information content (AvgIpc) is 2.70. The van der Waals surface area contributed by atoms with Crippen LogP contribution in [-0.4, -0.2) is 27.5 Å². The van der Waals surface area contributed by atoms with Crippen molar-refractivity contribution in [1.82, 2.24) is 4.72 Å². The number of unbranched alkanes of at least 4 members (excludes halogenated alkanes) is 1. The van der Waals surface area contributed by atoms with Crippen LogP contribution in [0.15, 0.2) is 41.3 Å². The lowest BCUT2D eigenvalue weighted by atomic mass is 9.45. The predicted molar refractivity (Wildman–Crippen MR) is 119 cm³/mol. The summed E-state index contributed by atoms with van der Waals surface area (Å²) >= 11 is 6.01. The normalized spacial score (nSPS) is 27.6. The standard InChI is InChI=1S/C23H32ClNO4S/c1-23(2)17-13-16(9-6-4-5-7-12-21(26)29-3)22(20(23)14-17)25-30(27,28)19-11-8-10-18(24)15-19/h4,6,8,10-11,15-17,20,22,25H,5,7,9,12-14H2,1-3H3/b6-4-/t16-,17-,20-,22+/m0/s1. The van der Waals surface area contributed by atoms with E-state index in [1.165, 1.54) is 13.2 Å². The molecule has 1 aromatic carbocycles. The summed E-state index contributed by atoms with van der Waals surface area (Å²) in [6.07, 6.45) is 9.18. The minimum absolute atomic E-state index is 0.0892. The molecule has 3 aliphatic rings. The van der Waals surface area contributed by atoms with E-state index in [9.17, 15) is 13.2 Å². The quantitative estimate of drug-likeness (QED) is 0.326. The van der Waals surface area contributed by atoms with Gasteiger partial charge in [-0.3, -0.25) is 4.79 Å². The van der Waals surface area contributed by atoms with Crippen LogP contribution in [0.25, 0.3) is 0 Å². The van der Waals surface area contributed by atoms with Gasteiger partial charge in [0.05, 0.1) is 12.0 Å². The number of benzene rings is 1. The van der Waals surface area contributed by atoms with E-state index in [2.05, 4.69) is 35.5 Å². The molecule has 4 rings (SSSR count). The molecule has 0 aromatic heterocycles. The second-order valence-corrected chi connectivity index (χ2v) is 11.3. The van der Waals surface area contributed by atoms with E-state index >= 15 is 0 Å². The molecule has 0 saturated heterocycles. The van der Waals surface area contributed by atoms with Gasteiger partial charge in [-0.2, -0.15) is 0 Å². The first-order valence-electron chi connectivity index (χ1n) is 10.6. The SMILES string of the molecule is COC(=O)CCC/C=C\C[C@H]1C[C@H]2C[C@@H]([C@@H]1NS(=O)(=O)c1cccc(Cl)c1)C2(C)C. The minimum atomic E-state index is -3.64. The summed E-state index contributed by atoms with van der Waals surface area (Å²) in [5, 5.41) is 0.414. The third-order valence-electron chi connectivity index (χ3n) is 7.06. The highest BCUT2D eigenvalue weighted by Gasteiger charge is 2.58. The third-order valence-corrected chi connectivity index (χ3v) is 8.75. The molecule has 3 fully saturated rings. The average molecular weight is 454 g/mol. The van der Waals surface area contributed by atoms with Gasteiger partial charge in [0, 0.05) is 17.5 Å². The van der Waals surface area contributed by atoms with Crippen molar-refractivity contribution in [3.8, 4) is 0 Å². The number of ether oxygens (including phenoxy) is 1. The van der Waals surface area contributed by atoms with Crippen LogP contribution in [0.1, 0.15) is 52.4 Å². The first-order valence-corrected chi connectivity index (χ1v) is 12.5. The van der Waals surface area contributed by atoms with E-state index in [1.807, 2.05) is 0 Å². The number of rotatable bonds is 9. The van der Waals surface area contributed by atoms with Gasteiger partial charge in [-0.25, -0.2) is 13.1 Å². The number of esters is 1. The highest BCUT2D eigenvalue weighted by molar-refractivity contribution is 7.89. The zero-order valence-electron chi connectivity index (χ0n) is 17.9. The van der Waals surface area contributed by atoms with Crippen LogP contribution in [-0.2, 0) is 19.6 Å². The number of carbonyl (C=O) groups is 1. The fraction of sp³-hybridized carbons (Fsp3) is 0.609. The maximum atomic E-state index is 13.0. The molecule has 1 aromatic rings. The van der Waals surface area contributed by atoms with Gasteiger partial charge in [-0.15, -0.1) is 0 Å². The van der Waals surface area contributed by atoms with Gasteiger partial charge >= 0.3 is 5.97 Å². The summed E-state index contributed by atoms with van der Waals surface area (Å²) in [5.74, 6) is 1.07. The largest absolute Gasteiger partial charge is 0.469 e. The number of fused-ring (bicyclic) bond motifs is 2. The number of hydrogen-bond acceptors (Lipinski definition) is 4. The van der Waals surface area contributed by atoms with E-state index in [0.29, 0.717) is 23.3 Å². The third kappa shape index (κ3) is 5.09. The van der Waals surface area contributed by atoms with Gasteiger partial charge in [-0.1, -0.05) is 43.7 Å². The van der Waals surface area contributed by atoms with Crippen molar-refractivity contribution >= 4 is 27.6 Å². The summed E-state index contributed by atoms with van der Waals surface area (Å²) in [7, 11) is -2.23. The van der Waals surface area contributed by atoms with E-state index < -0.39 is 10.0 Å². The van der Waals surface area contributed by atoms with Crippen LogP contribution in [0.5, 0.6) is 0 Å². The maximum absolute atomic E-state index is 13.0. The van der Waals surface area contributed by atoms with Crippen molar-refractivity contribution in [3.63, 3.8) is 0 Å². The molecule has 166 valence electrons. The number of hydrogen-bond donors (Lipinski definition) is 1. The molecule has 4 atom stereocenters. The number of sulfonamides is 1. The van der Waals surface area contributed by atoms with Gasteiger partial charge in [0.15, 0.2) is 0 Å². The predicted octanol–water partition coefficient (Wildman–Crippen LogP) is 4.96. The molecule has 5 nitrogen and oxygen atoms in total. The van der Waals surface area contributed by atoms with Gasteiger partial charge in [0.1, 0.15) is 0 Å². The summed E-state index contributed by atoms with van der Waals surface area (Å²) in [5.41, 5.74) is 0.155. The van der Waals surface area contributed by atoms with E-state index in [0.717, 1.165) is 32.1 Å². The molecule has 0 amide bonds. The second kappa shape index (κ2) is 9.41. The number of allylic oxidation sites excluding steroid dienone is 2. The lowest BCUT2D eigenvalue weighted by Gasteiger charge is -2.62. The van der Waals surface area contributed by atoms with Crippen molar-refractivity contribution in [1.29, 1.82) is 0 Å². The minimum Gasteiger partial charge on any atom is -0.469 e. The Labute approximate surface area is 185 Å². The van der Waals surface area contributed by atoms with Crippen molar-refractivity contribution in [3.05, 3.63) is 41.4 Å². The lowest BCUT2D eigenvalue weighted by Crippen LogP contribution is -2.63. The molecule has 0 heterocycles. The smallest absolute Gasteiger partial charge is 0.305 e. The van der Waals surface area contributed by atoms with E-state index in [4.69, 9.17) is 11.6 Å². The Morgan fingerprint density at radius 1 is 1.30 bits per heavy atom. The molecule has 0 aliphatic heterocycles. The zero-order chi connectivity index (χ0) is 21.9. The Bertz CT molecular complexity index is 896. The molecule has 0 radical (unpaired) electrons. The summed E-state index contributed by atoms with van der Waals surface area (Å²) in [6.45, 7) is 4.51. The van der Waals surface area contributed by atoms with Crippen LogP contribution >= 0.6 is 11.6 Å². The number of carbonyl (C=O) groups excluding carboxylic acids is 1. The molecule has 1 N–H and O–H groups in total. The maximum Gasteiger partial charge on any atom is 0.305 e. The van der Waals surface area contributed by atoms with Crippen LogP contribution in [0.2, 0.25) is 5.02 Å². The highest BCUT2D eigenvalue weighted by Crippen LogP contribution is 2.61. The van der Waals surface area contributed by atoms with Gasteiger partial charge in [0.25, 0.3) is 0 Å². The molecule has 0 unspecified atom stereocenters. The molecule has 7 heteroatoms. The van der Waals surface area contributed by atoms with Crippen LogP contribution < -0.4 is 4.72 Å². The fourth-order valence-corrected chi connectivity index (χ4v) is 6.71. The number of methoxy groups -OCH3 is 1. The second-order valence-electron chi connectivity index (χ2n) is 9.14. The Hall–Kier alpha value is -1.37. The van der Waals surface area contributed by atoms with Crippen LogP contribution in [0.4, 0.5) is 0 Å². The molecule has 30 heavy (non-hydrogen) atoms. The van der Waals surface area contributed by atoms with Crippen molar-refractivity contribution in [2.75, 3.05) is 7.11 Å². The monoisotopic (exact) mass is 453 g/mol. The number of nitrogens with one attached hydrogen (secondary N) is 1. The lowest BCUT2D eigenvalue weighted by molar-refractivity contribution is -0.140. The first-order chi connectivity index (χ1) is 14.1. The molecular formula is C23H32ClNO4S. The summed E-state index contributed by atoms with van der Waals surface area (Å²) in [4.78, 5) is 11.4. The van der Waals surface area contributed by atoms with Crippen LogP contribution in [0, 0.1) is 23.2 Å². The van der Waals surface area contributed by atoms with E-state index in [-0.39, 0.29) is 28.2 Å². The van der Waals surface area contributed by atoms with Crippen molar-refractivity contribution < 1.29 is 17.9 Å². The Morgan fingerprint density at radius 2 is 2.07 bits per heavy atom. The molecule has 0 spiro atoms. The fourth-order valence-electron chi connectivity index (χ4n) is 5.06. The van der Waals surface area contributed by atoms with Gasteiger partial charge < -0.3 is 4.74 Å². The van der Waals surface area contributed by atoms with Crippen molar-refractivity contribution in [2.24, 2.45) is 23.2 Å². The van der Waals surface area contributed by atoms with Crippen LogP contribution in [0.3, 0.4) is 0 Å². The highest BCUT2D eigenvalue weighted by atomic mass is 35.5. The summed E-state index contributed by atoms with van der Waals surface area (Å²) < 4.78 is 33.8.